The molecule has 2 heterocycles. The van der Waals surface area contributed by atoms with Crippen molar-refractivity contribution in [2.75, 3.05) is 59.3 Å². The van der Waals surface area contributed by atoms with Crippen LogP contribution in [0.3, 0.4) is 0 Å². The third-order valence-electron chi connectivity index (χ3n) is 8.53. The van der Waals surface area contributed by atoms with Crippen molar-refractivity contribution in [1.82, 2.24) is 25.8 Å². The highest BCUT2D eigenvalue weighted by Crippen LogP contribution is 2.24. The van der Waals surface area contributed by atoms with E-state index in [1.54, 1.807) is 24.3 Å². The lowest BCUT2D eigenvalue weighted by atomic mass is 10.1. The first-order chi connectivity index (χ1) is 26.0. The van der Waals surface area contributed by atoms with Gasteiger partial charge in [-0.3, -0.25) is 29.0 Å². The van der Waals surface area contributed by atoms with Crippen LogP contribution >= 0.6 is 0 Å². The molecule has 18 nitrogen and oxygen atoms in total. The summed E-state index contributed by atoms with van der Waals surface area (Å²) in [4.78, 5) is 81.3. The van der Waals surface area contributed by atoms with Gasteiger partial charge in [0, 0.05) is 31.1 Å². The molecule has 0 spiro atoms. The summed E-state index contributed by atoms with van der Waals surface area (Å²) in [6, 6.07) is 4.94. The fraction of sp³-hybridized carbons (Fsp3) is 0.583. The van der Waals surface area contributed by atoms with Crippen LogP contribution in [-0.4, -0.2) is 129 Å². The van der Waals surface area contributed by atoms with Crippen LogP contribution < -0.4 is 37.9 Å². The molecule has 0 saturated carbocycles. The number of amides is 5. The summed E-state index contributed by atoms with van der Waals surface area (Å²) in [5.41, 5.74) is 17.4. The molecule has 0 bridgehead atoms. The molecule has 54 heavy (non-hydrogen) atoms. The second kappa shape index (κ2) is 23.8. The number of ether oxygens (including phenoxy) is 4. The molecule has 2 aromatic rings. The molecule has 298 valence electrons. The highest BCUT2D eigenvalue weighted by molar-refractivity contribution is 5.95. The molecule has 0 unspecified atom stereocenters. The maximum Gasteiger partial charge on any atom is 0.333 e. The Hall–Kier alpha value is -4.75. The van der Waals surface area contributed by atoms with Gasteiger partial charge in [-0.25, -0.2) is 4.79 Å². The summed E-state index contributed by atoms with van der Waals surface area (Å²) >= 11 is 0. The van der Waals surface area contributed by atoms with E-state index >= 15 is 0 Å². The van der Waals surface area contributed by atoms with E-state index in [2.05, 4.69) is 20.9 Å². The molecule has 1 aromatic carbocycles. The number of nitrogens with one attached hydrogen (secondary N) is 3. The van der Waals surface area contributed by atoms with Gasteiger partial charge >= 0.3 is 5.97 Å². The van der Waals surface area contributed by atoms with Crippen LogP contribution in [0.25, 0.3) is 10.9 Å². The topological polar surface area (TPSA) is 270 Å². The van der Waals surface area contributed by atoms with Crippen LogP contribution in [0.4, 0.5) is 0 Å². The van der Waals surface area contributed by atoms with Crippen molar-refractivity contribution in [3.8, 4) is 5.75 Å². The van der Waals surface area contributed by atoms with Crippen LogP contribution in [-0.2, 0) is 43.0 Å². The van der Waals surface area contributed by atoms with Crippen LogP contribution in [0.15, 0.2) is 36.5 Å². The Bertz CT molecular complexity index is 1540. The number of likely N-dealkylation sites (tertiary alicyclic amines) is 1. The fourth-order valence-corrected chi connectivity index (χ4v) is 5.57. The van der Waals surface area contributed by atoms with Crippen molar-refractivity contribution in [3.05, 3.63) is 36.5 Å². The number of pyridine rings is 1. The Morgan fingerprint density at radius 3 is 2.37 bits per heavy atom. The number of nitrogens with zero attached hydrogens (tertiary/aromatic N) is 2. The number of benzene rings is 1. The molecule has 1 aromatic heterocycles. The zero-order valence-corrected chi connectivity index (χ0v) is 30.8. The van der Waals surface area contributed by atoms with Crippen LogP contribution in [0, 0.1) is 0 Å². The van der Waals surface area contributed by atoms with E-state index < -0.39 is 60.2 Å². The van der Waals surface area contributed by atoms with Gasteiger partial charge in [0.25, 0.3) is 0 Å². The molecular formula is C36H54N8O10. The minimum Gasteiger partial charge on any atom is -0.424 e. The molecule has 5 amide bonds. The average molecular weight is 759 g/mol. The number of hydrogen-bond acceptors (Lipinski definition) is 13. The van der Waals surface area contributed by atoms with Gasteiger partial charge in [-0.05, 0) is 57.4 Å². The number of primary amides is 1. The maximum absolute atomic E-state index is 13.2. The molecule has 1 fully saturated rings. The lowest BCUT2D eigenvalue weighted by molar-refractivity contribution is -0.142. The monoisotopic (exact) mass is 758 g/mol. The Kier molecular flexibility index (Phi) is 19.3. The summed E-state index contributed by atoms with van der Waals surface area (Å²) in [5.74, 6) is -3.16. The van der Waals surface area contributed by atoms with Gasteiger partial charge < -0.3 is 57.0 Å². The van der Waals surface area contributed by atoms with E-state index in [9.17, 15) is 28.8 Å². The average Bonchev–Trinajstić information content (AvgIpc) is 3.66. The molecule has 1 aliphatic heterocycles. The Morgan fingerprint density at radius 2 is 1.65 bits per heavy atom. The van der Waals surface area contributed by atoms with Crippen molar-refractivity contribution in [1.29, 1.82) is 0 Å². The molecule has 0 radical (unpaired) electrons. The number of carbonyl (C=O) groups is 6. The SMILES string of the molecule is C[C@H](NC(=O)[C@@H]1CCCN1C(=O)C[C@H](NC(=O)CCOCCOCCOCCNC(=O)[C@@H](N)CCCCN)C(N)=O)C(=O)Oc1ccnc2ccccc12. The van der Waals surface area contributed by atoms with E-state index in [1.807, 2.05) is 6.07 Å². The van der Waals surface area contributed by atoms with Gasteiger partial charge in [-0.2, -0.15) is 0 Å². The van der Waals surface area contributed by atoms with E-state index in [1.165, 1.54) is 18.0 Å². The summed E-state index contributed by atoms with van der Waals surface area (Å²) in [5, 5.41) is 8.44. The zero-order valence-electron chi connectivity index (χ0n) is 30.8. The molecule has 4 atom stereocenters. The number of fused-ring (bicyclic) bond motifs is 1. The lowest BCUT2D eigenvalue weighted by Gasteiger charge is -2.26. The van der Waals surface area contributed by atoms with Crippen molar-refractivity contribution in [2.45, 2.75) is 76.0 Å². The van der Waals surface area contributed by atoms with E-state index in [-0.39, 0.29) is 38.7 Å². The van der Waals surface area contributed by atoms with Crippen LogP contribution in [0.1, 0.15) is 51.9 Å². The van der Waals surface area contributed by atoms with Gasteiger partial charge in [0.2, 0.25) is 29.5 Å². The number of esters is 1. The number of para-hydroxylation sites is 1. The first-order valence-electron chi connectivity index (χ1n) is 18.2. The van der Waals surface area contributed by atoms with Crippen molar-refractivity contribution in [3.63, 3.8) is 0 Å². The van der Waals surface area contributed by atoms with Gasteiger partial charge in [0.05, 0.1) is 57.6 Å². The Labute approximate surface area is 314 Å². The van der Waals surface area contributed by atoms with E-state index in [0.717, 1.165) is 12.8 Å². The quantitative estimate of drug-likeness (QED) is 0.0525. The molecule has 1 aliphatic rings. The first-order valence-corrected chi connectivity index (χ1v) is 18.2. The molecule has 9 N–H and O–H groups in total. The third kappa shape index (κ3) is 14.9. The molecule has 18 heteroatoms. The summed E-state index contributed by atoms with van der Waals surface area (Å²) < 4.78 is 21.8. The van der Waals surface area contributed by atoms with Gasteiger partial charge in [-0.15, -0.1) is 0 Å². The summed E-state index contributed by atoms with van der Waals surface area (Å²) in [7, 11) is 0. The molecule has 1 saturated heterocycles. The summed E-state index contributed by atoms with van der Waals surface area (Å²) in [6.45, 7) is 4.06. The number of carbonyl (C=O) groups excluding carboxylic acids is 6. The lowest BCUT2D eigenvalue weighted by Crippen LogP contribution is -2.53. The zero-order chi connectivity index (χ0) is 39.3. The number of aromatic nitrogens is 1. The number of unbranched alkanes of at least 4 members (excludes halogenated alkanes) is 1. The second-order valence-electron chi connectivity index (χ2n) is 12.7. The number of hydrogen-bond donors (Lipinski definition) is 6. The summed E-state index contributed by atoms with van der Waals surface area (Å²) in [6.07, 6.45) is 4.06. The Morgan fingerprint density at radius 1 is 0.944 bits per heavy atom. The van der Waals surface area contributed by atoms with E-state index in [0.29, 0.717) is 68.8 Å². The van der Waals surface area contributed by atoms with Gasteiger partial charge in [0.15, 0.2) is 0 Å². The number of rotatable bonds is 25. The molecular weight excluding hydrogens is 704 g/mol. The fourth-order valence-electron chi connectivity index (χ4n) is 5.57. The maximum atomic E-state index is 13.2. The predicted molar refractivity (Wildman–Crippen MR) is 196 cm³/mol. The highest BCUT2D eigenvalue weighted by atomic mass is 16.5. The second-order valence-corrected chi connectivity index (χ2v) is 12.7. The van der Waals surface area contributed by atoms with Crippen molar-refractivity contribution in [2.24, 2.45) is 17.2 Å². The van der Waals surface area contributed by atoms with Crippen LogP contribution in [0.2, 0.25) is 0 Å². The smallest absolute Gasteiger partial charge is 0.333 e. The highest BCUT2D eigenvalue weighted by Gasteiger charge is 2.37. The third-order valence-corrected chi connectivity index (χ3v) is 8.53. The largest absolute Gasteiger partial charge is 0.424 e. The first kappa shape index (κ1) is 43.7. The van der Waals surface area contributed by atoms with E-state index in [4.69, 9.17) is 36.1 Å². The van der Waals surface area contributed by atoms with Crippen molar-refractivity contribution >= 4 is 46.4 Å². The van der Waals surface area contributed by atoms with Crippen LogP contribution in [0.5, 0.6) is 5.75 Å². The predicted octanol–water partition coefficient (Wildman–Crippen LogP) is -0.991. The minimum atomic E-state index is -1.30. The Balaban J connectivity index is 1.29. The molecule has 3 rings (SSSR count). The molecule has 0 aliphatic carbocycles. The van der Waals surface area contributed by atoms with Gasteiger partial charge in [0.1, 0.15) is 23.9 Å². The normalized spacial score (nSPS) is 15.6. The minimum absolute atomic E-state index is 0.0333. The standard InChI is InChI=1S/C36H54N8O10/c1-24(36(50)54-30-11-14-40-27-9-3-2-7-25(27)30)42-35(49)29-10-6-16-44(29)32(46)23-28(33(39)47)43-31(45)12-17-51-19-21-53-22-20-52-18-15-41-34(48)26(38)8-4-5-13-37/h2-3,7,9,11,14,24,26,28-29H,4-6,8,10,12-13,15-23,37-38H2,1H3,(H2,39,47)(H,41,48)(H,42,49)(H,43,45)/t24-,26-,28-,29-/m0/s1. The van der Waals surface area contributed by atoms with Gasteiger partial charge in [-0.1, -0.05) is 18.6 Å². The van der Waals surface area contributed by atoms with Crippen molar-refractivity contribution < 1.29 is 47.7 Å². The number of nitrogens with two attached hydrogens (primary N) is 3.